The van der Waals surface area contributed by atoms with Crippen molar-refractivity contribution in [3.05, 3.63) is 38.2 Å². The molecule has 1 heterocycles. The lowest BCUT2D eigenvalue weighted by Gasteiger charge is -2.33. The van der Waals surface area contributed by atoms with Gasteiger partial charge in [-0.25, -0.2) is 9.79 Å². The van der Waals surface area contributed by atoms with Crippen molar-refractivity contribution in [2.45, 2.75) is 47.0 Å². The van der Waals surface area contributed by atoms with E-state index in [1.807, 2.05) is 13.0 Å². The minimum atomic E-state index is -0.477. The lowest BCUT2D eigenvalue weighted by molar-refractivity contribution is -0.142. The first kappa shape index (κ1) is 25.3. The summed E-state index contributed by atoms with van der Waals surface area (Å²) >= 11 is 5.12. The molecule has 0 aliphatic heterocycles. The highest BCUT2D eigenvalue weighted by atomic mass is 79.9. The van der Waals surface area contributed by atoms with Crippen LogP contribution in [0.4, 0.5) is 5.00 Å². The molecule has 3 rings (SSSR count). The van der Waals surface area contributed by atoms with Crippen molar-refractivity contribution in [3.8, 4) is 17.6 Å². The molecule has 2 aromatic rings. The summed E-state index contributed by atoms with van der Waals surface area (Å²) in [5.41, 5.74) is 2.90. The zero-order chi connectivity index (χ0) is 24.2. The van der Waals surface area contributed by atoms with Gasteiger partial charge < -0.3 is 14.2 Å². The van der Waals surface area contributed by atoms with Crippen molar-refractivity contribution >= 4 is 44.5 Å². The molecule has 0 fully saturated rings. The van der Waals surface area contributed by atoms with E-state index < -0.39 is 5.97 Å². The van der Waals surface area contributed by atoms with Gasteiger partial charge in [0.25, 0.3) is 0 Å². The van der Waals surface area contributed by atoms with Gasteiger partial charge in [-0.05, 0) is 76.7 Å². The number of rotatable bonds is 7. The summed E-state index contributed by atoms with van der Waals surface area (Å²) in [5, 5.41) is 10.6. The molecule has 0 bridgehead atoms. The third-order valence-corrected chi connectivity index (χ3v) is 7.56. The summed E-state index contributed by atoms with van der Waals surface area (Å²) in [5.74, 6) is 1.05. The maximum absolute atomic E-state index is 11.5. The van der Waals surface area contributed by atoms with Gasteiger partial charge in [0.05, 0.1) is 23.8 Å². The van der Waals surface area contributed by atoms with Crippen LogP contribution in [0.5, 0.6) is 11.5 Å². The van der Waals surface area contributed by atoms with E-state index in [1.165, 1.54) is 12.0 Å². The van der Waals surface area contributed by atoms with Crippen LogP contribution in [-0.4, -0.2) is 32.5 Å². The molecule has 6 nitrogen and oxygen atoms in total. The number of ether oxygens (including phenoxy) is 3. The lowest BCUT2D eigenvalue weighted by atomic mass is 9.72. The van der Waals surface area contributed by atoms with Gasteiger partial charge in [-0.3, -0.25) is 0 Å². The van der Waals surface area contributed by atoms with Crippen LogP contribution in [0.1, 0.15) is 55.7 Å². The van der Waals surface area contributed by atoms with E-state index in [4.69, 9.17) is 9.47 Å². The molecular weight excluding hydrogens is 504 g/mol. The van der Waals surface area contributed by atoms with Crippen molar-refractivity contribution in [1.29, 1.82) is 5.26 Å². The molecule has 0 saturated heterocycles. The number of carbonyl (C=O) groups excluding carboxylic acids is 1. The van der Waals surface area contributed by atoms with Crippen LogP contribution in [-0.2, 0) is 22.4 Å². The Morgan fingerprint density at radius 3 is 2.76 bits per heavy atom. The number of esters is 1. The molecule has 1 aromatic heterocycles. The van der Waals surface area contributed by atoms with Gasteiger partial charge in [0, 0.05) is 11.1 Å². The monoisotopic (exact) mass is 532 g/mol. The number of hydrogen-bond donors (Lipinski definition) is 0. The summed E-state index contributed by atoms with van der Waals surface area (Å²) in [6.45, 7) is 8.95. The zero-order valence-electron chi connectivity index (χ0n) is 19.7. The van der Waals surface area contributed by atoms with Gasteiger partial charge in [-0.2, -0.15) is 5.26 Å². The first-order chi connectivity index (χ1) is 15.7. The lowest BCUT2D eigenvalue weighted by Crippen LogP contribution is -2.26. The first-order valence-electron chi connectivity index (χ1n) is 10.9. The van der Waals surface area contributed by atoms with E-state index in [0.717, 1.165) is 35.4 Å². The normalized spacial score (nSPS) is 15.7. The maximum atomic E-state index is 11.5. The zero-order valence-corrected chi connectivity index (χ0v) is 22.1. The Bertz CT molecular complexity index is 1100. The Morgan fingerprint density at radius 2 is 2.12 bits per heavy atom. The minimum Gasteiger partial charge on any atom is -0.490 e. The summed E-state index contributed by atoms with van der Waals surface area (Å²) in [6.07, 6.45) is 4.76. The fourth-order valence-corrected chi connectivity index (χ4v) is 5.70. The predicted octanol–water partition coefficient (Wildman–Crippen LogP) is 6.23. The van der Waals surface area contributed by atoms with Crippen molar-refractivity contribution in [1.82, 2.24) is 0 Å². The maximum Gasteiger partial charge on any atom is 0.343 e. The molecule has 1 aromatic carbocycles. The Balaban J connectivity index is 1.88. The fourth-order valence-electron chi connectivity index (χ4n) is 3.91. The van der Waals surface area contributed by atoms with Crippen molar-refractivity contribution in [2.24, 2.45) is 16.3 Å². The predicted molar refractivity (Wildman–Crippen MR) is 134 cm³/mol. The summed E-state index contributed by atoms with van der Waals surface area (Å²) < 4.78 is 16.6. The first-order valence-corrected chi connectivity index (χ1v) is 12.5. The number of fused-ring (bicyclic) bond motifs is 1. The highest BCUT2D eigenvalue weighted by molar-refractivity contribution is 9.10. The van der Waals surface area contributed by atoms with E-state index in [9.17, 15) is 10.1 Å². The molecule has 0 N–H and O–H groups in total. The molecule has 1 aliphatic rings. The van der Waals surface area contributed by atoms with E-state index >= 15 is 0 Å². The van der Waals surface area contributed by atoms with Crippen LogP contribution >= 0.6 is 27.3 Å². The number of nitriles is 1. The Hall–Kier alpha value is -2.37. The molecule has 8 heteroatoms. The second kappa shape index (κ2) is 10.7. The molecule has 0 amide bonds. The minimum absolute atomic E-state index is 0.218. The smallest absolute Gasteiger partial charge is 0.343 e. The number of benzene rings is 1. The second-order valence-corrected chi connectivity index (χ2v) is 10.9. The van der Waals surface area contributed by atoms with Crippen LogP contribution in [0.15, 0.2) is 21.6 Å². The van der Waals surface area contributed by atoms with Crippen molar-refractivity contribution in [2.75, 3.05) is 20.3 Å². The third-order valence-electron chi connectivity index (χ3n) is 5.81. The molecule has 0 unspecified atom stereocenters. The SMILES string of the molecule is CCOc1cc(C=Nc2sc3c(c2C#N)CC[C@H](C(C)(C)C)C3)cc(Br)c1OCC(=O)OC. The van der Waals surface area contributed by atoms with E-state index in [2.05, 4.69) is 52.5 Å². The molecule has 1 aliphatic carbocycles. The quantitative estimate of drug-likeness (QED) is 0.311. The van der Waals surface area contributed by atoms with E-state index in [1.54, 1.807) is 23.6 Å². The number of carbonyl (C=O) groups is 1. The van der Waals surface area contributed by atoms with Gasteiger partial charge in [0.15, 0.2) is 18.1 Å². The average molecular weight is 533 g/mol. The molecule has 0 radical (unpaired) electrons. The molecule has 33 heavy (non-hydrogen) atoms. The van der Waals surface area contributed by atoms with Crippen LogP contribution in [0.3, 0.4) is 0 Å². The van der Waals surface area contributed by atoms with Gasteiger partial charge in [-0.15, -0.1) is 11.3 Å². The van der Waals surface area contributed by atoms with Gasteiger partial charge >= 0.3 is 5.97 Å². The molecule has 0 spiro atoms. The van der Waals surface area contributed by atoms with Crippen LogP contribution < -0.4 is 9.47 Å². The second-order valence-electron chi connectivity index (χ2n) is 8.99. The molecule has 176 valence electrons. The summed E-state index contributed by atoms with van der Waals surface area (Å²) in [4.78, 5) is 17.4. The average Bonchev–Trinajstić information content (AvgIpc) is 3.13. The highest BCUT2D eigenvalue weighted by Gasteiger charge is 2.32. The summed E-state index contributed by atoms with van der Waals surface area (Å²) in [7, 11) is 1.31. The number of hydrogen-bond acceptors (Lipinski definition) is 7. The Kier molecular flexibility index (Phi) is 8.19. The van der Waals surface area contributed by atoms with Crippen LogP contribution in [0.25, 0.3) is 0 Å². The molecule has 1 atom stereocenters. The number of halogens is 1. The number of methoxy groups -OCH3 is 1. The Labute approximate surface area is 207 Å². The highest BCUT2D eigenvalue weighted by Crippen LogP contribution is 2.45. The number of aliphatic imine (C=N–C) groups is 1. The van der Waals surface area contributed by atoms with Gasteiger partial charge in [0.2, 0.25) is 0 Å². The van der Waals surface area contributed by atoms with Gasteiger partial charge in [0.1, 0.15) is 11.1 Å². The largest absolute Gasteiger partial charge is 0.490 e. The number of thiophene rings is 1. The van der Waals surface area contributed by atoms with E-state index in [-0.39, 0.29) is 12.0 Å². The van der Waals surface area contributed by atoms with Crippen molar-refractivity contribution < 1.29 is 19.0 Å². The summed E-state index contributed by atoms with van der Waals surface area (Å²) in [6, 6.07) is 6.02. The topological polar surface area (TPSA) is 80.9 Å². The molecule has 0 saturated carbocycles. The van der Waals surface area contributed by atoms with Crippen LogP contribution in [0.2, 0.25) is 0 Å². The Morgan fingerprint density at radius 1 is 1.36 bits per heavy atom. The fraction of sp³-hybridized carbons (Fsp3) is 0.480. The van der Waals surface area contributed by atoms with E-state index in [0.29, 0.717) is 34.1 Å². The number of nitrogens with zero attached hydrogens (tertiary/aromatic N) is 2. The standard InChI is InChI=1S/C25H29BrN2O4S/c1-6-31-20-10-15(9-19(26)23(20)32-14-22(29)30-5)13-28-24-18(12-27)17-8-7-16(25(2,3)4)11-21(17)33-24/h9-10,13,16H,6-8,11,14H2,1-5H3/t16-/m0/s1. The molecular formula is C25H29BrN2O4S. The van der Waals surface area contributed by atoms with Gasteiger partial charge in [-0.1, -0.05) is 20.8 Å². The third kappa shape index (κ3) is 5.96. The van der Waals surface area contributed by atoms with Crippen LogP contribution in [0, 0.1) is 22.7 Å². The van der Waals surface area contributed by atoms with Crippen molar-refractivity contribution in [3.63, 3.8) is 0 Å².